The van der Waals surface area contributed by atoms with Crippen LogP contribution in [0.15, 0.2) is 18.2 Å². The lowest BCUT2D eigenvalue weighted by molar-refractivity contribution is -0.284. The minimum atomic E-state index is -5.44. The van der Waals surface area contributed by atoms with E-state index in [1.165, 1.54) is 55.0 Å². The van der Waals surface area contributed by atoms with Crippen LogP contribution in [-0.4, -0.2) is 39.9 Å². The summed E-state index contributed by atoms with van der Waals surface area (Å²) in [5, 5.41) is 21.0. The Morgan fingerprint density at radius 3 is 2.30 bits per heavy atom. The standard InChI is InChI=1S/C32H47F5O2S/c1-30-17-15-26-25-12-11-24(38)21-23(25)20-22(29(26)27(30)13-14-28(30)39)10-7-5-3-2-4-6-8-18-40-19-9-16-31(33,34)32(35,36)37/h11-12,21-22,26-29,38-39H,2-10,13-20H2,1H3/t22?,26-,27+,28+,29-,30+/m1/s1. The number of halogens is 5. The monoisotopic (exact) mass is 590 g/mol. The number of aliphatic hydroxyl groups excluding tert-OH is 1. The average molecular weight is 591 g/mol. The highest BCUT2D eigenvalue weighted by Gasteiger charge is 2.57. The lowest BCUT2D eigenvalue weighted by atomic mass is 9.52. The van der Waals surface area contributed by atoms with Crippen molar-refractivity contribution < 1.29 is 32.2 Å². The van der Waals surface area contributed by atoms with Gasteiger partial charge in [0.1, 0.15) is 5.75 Å². The molecule has 2 nitrogen and oxygen atoms in total. The van der Waals surface area contributed by atoms with Gasteiger partial charge in [-0.05, 0) is 115 Å². The van der Waals surface area contributed by atoms with Crippen LogP contribution >= 0.6 is 11.8 Å². The Balaban J connectivity index is 1.13. The molecule has 3 aliphatic rings. The van der Waals surface area contributed by atoms with Gasteiger partial charge in [0.25, 0.3) is 0 Å². The number of hydrogen-bond acceptors (Lipinski definition) is 3. The Morgan fingerprint density at radius 1 is 0.900 bits per heavy atom. The van der Waals surface area contributed by atoms with Crippen LogP contribution in [0.2, 0.25) is 0 Å². The molecule has 0 aliphatic heterocycles. The Kier molecular flexibility index (Phi) is 10.8. The van der Waals surface area contributed by atoms with Crippen LogP contribution in [0, 0.1) is 23.2 Å². The minimum Gasteiger partial charge on any atom is -0.508 e. The van der Waals surface area contributed by atoms with E-state index in [9.17, 15) is 32.2 Å². The van der Waals surface area contributed by atoms with Gasteiger partial charge in [0.15, 0.2) is 0 Å². The summed E-state index contributed by atoms with van der Waals surface area (Å²) in [5.41, 5.74) is 2.79. The predicted octanol–water partition coefficient (Wildman–Crippen LogP) is 9.67. The van der Waals surface area contributed by atoms with Crippen molar-refractivity contribution in [3.05, 3.63) is 29.3 Å². The molecule has 40 heavy (non-hydrogen) atoms. The van der Waals surface area contributed by atoms with Crippen molar-refractivity contribution in [3.8, 4) is 5.75 Å². The van der Waals surface area contributed by atoms with Gasteiger partial charge >= 0.3 is 12.1 Å². The van der Waals surface area contributed by atoms with E-state index in [-0.39, 0.29) is 17.9 Å². The van der Waals surface area contributed by atoms with Crippen molar-refractivity contribution in [1.82, 2.24) is 0 Å². The molecule has 2 saturated carbocycles. The van der Waals surface area contributed by atoms with Crippen LogP contribution in [0.4, 0.5) is 22.0 Å². The number of rotatable bonds is 14. The van der Waals surface area contributed by atoms with Gasteiger partial charge in [0, 0.05) is 6.42 Å². The number of aliphatic hydroxyl groups is 1. The summed E-state index contributed by atoms with van der Waals surface area (Å²) in [4.78, 5) is 0. The first kappa shape index (κ1) is 31.9. The number of unbranched alkanes of at least 4 members (excludes halogenated alkanes) is 6. The molecule has 1 unspecified atom stereocenters. The van der Waals surface area contributed by atoms with Gasteiger partial charge in [-0.1, -0.05) is 51.5 Å². The molecule has 2 N–H and O–H groups in total. The first-order chi connectivity index (χ1) is 18.9. The normalized spacial score (nSPS) is 30.1. The first-order valence-electron chi connectivity index (χ1n) is 15.5. The fraction of sp³-hybridized carbons (Fsp3) is 0.812. The Bertz CT molecular complexity index is 954. The van der Waals surface area contributed by atoms with Crippen LogP contribution in [0.5, 0.6) is 5.75 Å². The molecule has 0 aromatic heterocycles. The minimum absolute atomic E-state index is 0.0419. The summed E-state index contributed by atoms with van der Waals surface area (Å²) in [6.45, 7) is 2.32. The average Bonchev–Trinajstić information content (AvgIpc) is 3.19. The van der Waals surface area contributed by atoms with Crippen molar-refractivity contribution in [2.75, 3.05) is 11.5 Å². The van der Waals surface area contributed by atoms with Crippen molar-refractivity contribution in [3.63, 3.8) is 0 Å². The summed E-state index contributed by atoms with van der Waals surface area (Å²) in [7, 11) is 0. The van der Waals surface area contributed by atoms with Gasteiger partial charge in [-0.3, -0.25) is 0 Å². The fourth-order valence-electron chi connectivity index (χ4n) is 8.17. The smallest absolute Gasteiger partial charge is 0.453 e. The second kappa shape index (κ2) is 13.5. The second-order valence-corrected chi connectivity index (χ2v) is 14.2. The number of benzene rings is 1. The summed E-state index contributed by atoms with van der Waals surface area (Å²) in [6.07, 6.45) is 7.56. The van der Waals surface area contributed by atoms with E-state index in [0.29, 0.717) is 35.2 Å². The van der Waals surface area contributed by atoms with Crippen LogP contribution in [-0.2, 0) is 6.42 Å². The summed E-state index contributed by atoms with van der Waals surface area (Å²) < 4.78 is 62.4. The predicted molar refractivity (Wildman–Crippen MR) is 152 cm³/mol. The molecule has 0 radical (unpaired) electrons. The number of phenols is 1. The molecule has 0 heterocycles. The fourth-order valence-corrected chi connectivity index (χ4v) is 9.13. The quantitative estimate of drug-likeness (QED) is 0.167. The molecule has 6 atom stereocenters. The Morgan fingerprint density at radius 2 is 1.57 bits per heavy atom. The van der Waals surface area contributed by atoms with E-state index in [1.807, 2.05) is 12.1 Å². The summed E-state index contributed by atoms with van der Waals surface area (Å²) >= 11 is 1.47. The van der Waals surface area contributed by atoms with Crippen LogP contribution in [0.1, 0.15) is 114 Å². The highest BCUT2D eigenvalue weighted by Crippen LogP contribution is 2.62. The van der Waals surface area contributed by atoms with Crippen LogP contribution in [0.3, 0.4) is 0 Å². The third-order valence-electron chi connectivity index (χ3n) is 10.4. The molecule has 4 rings (SSSR count). The van der Waals surface area contributed by atoms with E-state index >= 15 is 0 Å². The van der Waals surface area contributed by atoms with Gasteiger partial charge in [-0.25, -0.2) is 0 Å². The van der Waals surface area contributed by atoms with Gasteiger partial charge in [-0.2, -0.15) is 33.7 Å². The molecular formula is C32H47F5O2S. The highest BCUT2D eigenvalue weighted by atomic mass is 32.2. The topological polar surface area (TPSA) is 40.5 Å². The molecule has 0 saturated heterocycles. The highest BCUT2D eigenvalue weighted by molar-refractivity contribution is 7.99. The third kappa shape index (κ3) is 7.30. The molecular weight excluding hydrogens is 543 g/mol. The molecule has 8 heteroatoms. The second-order valence-electron chi connectivity index (χ2n) is 13.0. The van der Waals surface area contributed by atoms with Crippen molar-refractivity contribution in [1.29, 1.82) is 0 Å². The SMILES string of the molecule is C[C@]12CC[C@@H]3c4ccc(O)cc4CC(CCCCCCCCCSCCCC(F)(F)C(F)(F)F)[C@H]3[C@@H]1CC[C@@H]2O. The molecule has 0 amide bonds. The maximum absolute atomic E-state index is 12.9. The van der Waals surface area contributed by atoms with Crippen molar-refractivity contribution in [2.45, 2.75) is 127 Å². The molecule has 2 fully saturated rings. The number of phenolic OH excluding ortho intramolecular Hbond substituents is 1. The molecule has 1 aromatic rings. The maximum atomic E-state index is 12.9. The molecule has 0 bridgehead atoms. The lowest BCUT2D eigenvalue weighted by Crippen LogP contribution is -2.47. The molecule has 228 valence electrons. The first-order valence-corrected chi connectivity index (χ1v) is 16.6. The van der Waals surface area contributed by atoms with E-state index < -0.39 is 18.5 Å². The number of fused-ring (bicyclic) bond motifs is 5. The number of alkyl halides is 5. The summed E-state index contributed by atoms with van der Waals surface area (Å²) in [6, 6.07) is 5.97. The zero-order valence-corrected chi connectivity index (χ0v) is 24.6. The number of thioether (sulfide) groups is 1. The van der Waals surface area contributed by atoms with E-state index in [1.54, 1.807) is 0 Å². The lowest BCUT2D eigenvalue weighted by Gasteiger charge is -2.53. The van der Waals surface area contributed by atoms with Crippen LogP contribution < -0.4 is 0 Å². The molecule has 0 spiro atoms. The van der Waals surface area contributed by atoms with Crippen LogP contribution in [0.25, 0.3) is 0 Å². The largest absolute Gasteiger partial charge is 0.508 e. The Hall–Kier alpha value is -1.02. The van der Waals surface area contributed by atoms with E-state index in [2.05, 4.69) is 13.0 Å². The zero-order chi connectivity index (χ0) is 29.0. The maximum Gasteiger partial charge on any atom is 0.453 e. The van der Waals surface area contributed by atoms with Gasteiger partial charge in [-0.15, -0.1) is 0 Å². The molecule has 3 aliphatic carbocycles. The van der Waals surface area contributed by atoms with Crippen molar-refractivity contribution >= 4 is 11.8 Å². The van der Waals surface area contributed by atoms with Crippen molar-refractivity contribution in [2.24, 2.45) is 23.2 Å². The van der Waals surface area contributed by atoms with Gasteiger partial charge < -0.3 is 10.2 Å². The summed E-state index contributed by atoms with van der Waals surface area (Å²) in [5.74, 6) is -0.730. The Labute approximate surface area is 240 Å². The number of hydrogen-bond donors (Lipinski definition) is 2. The number of aromatic hydroxyl groups is 1. The van der Waals surface area contributed by atoms with E-state index in [0.717, 1.165) is 57.1 Å². The zero-order valence-electron chi connectivity index (χ0n) is 23.8. The third-order valence-corrected chi connectivity index (χ3v) is 11.5. The van der Waals surface area contributed by atoms with E-state index in [4.69, 9.17) is 0 Å². The van der Waals surface area contributed by atoms with Gasteiger partial charge in [0.2, 0.25) is 0 Å². The van der Waals surface area contributed by atoms with Gasteiger partial charge in [0.05, 0.1) is 6.10 Å². The molecule has 1 aromatic carbocycles.